The van der Waals surface area contributed by atoms with Crippen LogP contribution in [0.25, 0.3) is 0 Å². The molecule has 164 valence electrons. The maximum absolute atomic E-state index is 13.1. The molecule has 4 rings (SSSR count). The molecule has 2 amide bonds. The molecule has 1 aromatic heterocycles. The van der Waals surface area contributed by atoms with Crippen molar-refractivity contribution in [1.82, 2.24) is 9.97 Å². The van der Waals surface area contributed by atoms with Crippen LogP contribution in [0.5, 0.6) is 0 Å². The van der Waals surface area contributed by atoms with Crippen LogP contribution >= 0.6 is 0 Å². The number of nitrogens with zero attached hydrogens (tertiary/aromatic N) is 2. The molecule has 2 atom stereocenters. The number of aromatic nitrogens is 2. The molecule has 8 heteroatoms. The van der Waals surface area contributed by atoms with Gasteiger partial charge in [-0.05, 0) is 51.2 Å². The lowest BCUT2D eigenvalue weighted by molar-refractivity contribution is -0.123. The van der Waals surface area contributed by atoms with Gasteiger partial charge in [0.05, 0.1) is 11.5 Å². The summed E-state index contributed by atoms with van der Waals surface area (Å²) < 4.78 is 0. The summed E-state index contributed by atoms with van der Waals surface area (Å²) in [6.45, 7) is 6.82. The van der Waals surface area contributed by atoms with Crippen LogP contribution in [0, 0.1) is 13.8 Å². The number of fused-ring (bicyclic) bond motifs is 1. The molecule has 31 heavy (non-hydrogen) atoms. The number of aryl methyl sites for hydroxylation is 2. The second-order valence-corrected chi connectivity index (χ2v) is 8.52. The van der Waals surface area contributed by atoms with Crippen LogP contribution in [0.1, 0.15) is 61.6 Å². The lowest BCUT2D eigenvalue weighted by atomic mass is 9.92. The number of hydrogen-bond donors (Lipinski definition) is 3. The maximum atomic E-state index is 13.1. The summed E-state index contributed by atoms with van der Waals surface area (Å²) in [5.74, 6) is -0.934. The fourth-order valence-corrected chi connectivity index (χ4v) is 4.60. The first-order valence-electron chi connectivity index (χ1n) is 11.0. The van der Waals surface area contributed by atoms with E-state index in [1.54, 1.807) is 0 Å². The molecular formula is C23H29N5O3. The van der Waals surface area contributed by atoms with Gasteiger partial charge in [-0.2, -0.15) is 4.98 Å². The van der Waals surface area contributed by atoms with Crippen molar-refractivity contribution < 1.29 is 9.59 Å². The van der Waals surface area contributed by atoms with Crippen molar-refractivity contribution in [2.45, 2.75) is 64.8 Å². The topological polar surface area (TPSA) is 107 Å². The minimum absolute atomic E-state index is 0.0881. The molecule has 2 aromatic rings. The molecule has 0 bridgehead atoms. The number of hydrogen-bond acceptors (Lipinski definition) is 5. The number of amides is 2. The monoisotopic (exact) mass is 423 g/mol. The van der Waals surface area contributed by atoms with E-state index in [0.717, 1.165) is 43.4 Å². The summed E-state index contributed by atoms with van der Waals surface area (Å²) in [6.07, 6.45) is 4.10. The van der Waals surface area contributed by atoms with Crippen molar-refractivity contribution in [2.75, 3.05) is 22.1 Å². The Hall–Kier alpha value is -3.16. The number of carbonyl (C=O) groups excluding carboxylic acids is 2. The average Bonchev–Trinajstić information content (AvgIpc) is 2.74. The van der Waals surface area contributed by atoms with Gasteiger partial charge in [0.2, 0.25) is 17.8 Å². The van der Waals surface area contributed by atoms with Gasteiger partial charge in [0, 0.05) is 24.7 Å². The van der Waals surface area contributed by atoms with Gasteiger partial charge in [-0.3, -0.25) is 19.4 Å². The van der Waals surface area contributed by atoms with Crippen LogP contribution < -0.4 is 21.1 Å². The molecule has 2 aliphatic rings. The van der Waals surface area contributed by atoms with Crippen LogP contribution in [0.15, 0.2) is 23.0 Å². The molecule has 1 fully saturated rings. The van der Waals surface area contributed by atoms with Crippen molar-refractivity contribution in [3.8, 4) is 0 Å². The fraction of sp³-hybridized carbons (Fsp3) is 0.478. The third kappa shape index (κ3) is 4.19. The van der Waals surface area contributed by atoms with Gasteiger partial charge in [-0.1, -0.05) is 24.6 Å². The number of rotatable bonds is 4. The smallest absolute Gasteiger partial charge is 0.258 e. The quantitative estimate of drug-likeness (QED) is 0.700. The zero-order valence-corrected chi connectivity index (χ0v) is 18.2. The summed E-state index contributed by atoms with van der Waals surface area (Å²) in [4.78, 5) is 48.1. The SMILES string of the molecule is CC[C@H]1CCCCN1c1nc2c(c(=O)[nH]1)[C@@H](C(=O)Nc1ccc(C)cc1C)CC(=O)N2. The van der Waals surface area contributed by atoms with Crippen LogP contribution in [-0.2, 0) is 9.59 Å². The molecule has 2 aliphatic heterocycles. The number of piperidine rings is 1. The molecule has 0 aliphatic carbocycles. The Balaban J connectivity index is 1.66. The van der Waals surface area contributed by atoms with Crippen LogP contribution in [-0.4, -0.2) is 34.4 Å². The fourth-order valence-electron chi connectivity index (χ4n) is 4.60. The first-order valence-corrected chi connectivity index (χ1v) is 11.0. The van der Waals surface area contributed by atoms with E-state index in [1.807, 2.05) is 32.0 Å². The lowest BCUT2D eigenvalue weighted by Crippen LogP contribution is -2.43. The third-order valence-electron chi connectivity index (χ3n) is 6.27. The molecule has 8 nitrogen and oxygen atoms in total. The van der Waals surface area contributed by atoms with E-state index >= 15 is 0 Å². The summed E-state index contributed by atoms with van der Waals surface area (Å²) >= 11 is 0. The van der Waals surface area contributed by atoms with Crippen molar-refractivity contribution in [3.63, 3.8) is 0 Å². The predicted molar refractivity (Wildman–Crippen MR) is 121 cm³/mol. The van der Waals surface area contributed by atoms with E-state index in [0.29, 0.717) is 17.7 Å². The van der Waals surface area contributed by atoms with Crippen LogP contribution in [0.2, 0.25) is 0 Å². The molecule has 1 aromatic carbocycles. The normalized spacial score (nSPS) is 20.7. The highest BCUT2D eigenvalue weighted by atomic mass is 16.2. The molecule has 0 spiro atoms. The van der Waals surface area contributed by atoms with Gasteiger partial charge in [0.15, 0.2) is 0 Å². The second kappa shape index (κ2) is 8.53. The number of benzene rings is 1. The van der Waals surface area contributed by atoms with E-state index in [4.69, 9.17) is 0 Å². The zero-order chi connectivity index (χ0) is 22.1. The number of H-pyrrole nitrogens is 1. The Kier molecular flexibility index (Phi) is 5.80. The first-order chi connectivity index (χ1) is 14.9. The molecule has 0 radical (unpaired) electrons. The van der Waals surface area contributed by atoms with Gasteiger partial charge < -0.3 is 15.5 Å². The number of carbonyl (C=O) groups is 2. The molecule has 3 heterocycles. The molecule has 1 saturated heterocycles. The first kappa shape index (κ1) is 21.1. The minimum atomic E-state index is -0.891. The highest BCUT2D eigenvalue weighted by molar-refractivity contribution is 6.04. The summed E-state index contributed by atoms with van der Waals surface area (Å²) in [5.41, 5.74) is 2.53. The van der Waals surface area contributed by atoms with Gasteiger partial charge in [-0.15, -0.1) is 0 Å². The van der Waals surface area contributed by atoms with E-state index < -0.39 is 5.92 Å². The van der Waals surface area contributed by atoms with E-state index in [-0.39, 0.29) is 35.2 Å². The van der Waals surface area contributed by atoms with Gasteiger partial charge in [-0.25, -0.2) is 0 Å². The minimum Gasteiger partial charge on any atom is -0.339 e. The Labute approximate surface area is 181 Å². The average molecular weight is 424 g/mol. The predicted octanol–water partition coefficient (Wildman–Crippen LogP) is 3.22. The van der Waals surface area contributed by atoms with Gasteiger partial charge in [0.25, 0.3) is 5.56 Å². The molecule has 0 saturated carbocycles. The van der Waals surface area contributed by atoms with Crippen LogP contribution in [0.3, 0.4) is 0 Å². The summed E-state index contributed by atoms with van der Waals surface area (Å²) in [7, 11) is 0. The van der Waals surface area contributed by atoms with Crippen LogP contribution in [0.4, 0.5) is 17.5 Å². The van der Waals surface area contributed by atoms with E-state index in [2.05, 4.69) is 32.4 Å². The lowest BCUT2D eigenvalue weighted by Gasteiger charge is -2.36. The number of nitrogens with one attached hydrogen (secondary N) is 3. The second-order valence-electron chi connectivity index (χ2n) is 8.52. The molecular weight excluding hydrogens is 394 g/mol. The van der Waals surface area contributed by atoms with Crippen molar-refractivity contribution >= 4 is 29.3 Å². The Morgan fingerprint density at radius 1 is 1.26 bits per heavy atom. The standard InChI is InChI=1S/C23H29N5O3/c1-4-15-7-5-6-10-28(15)23-26-20-19(22(31)27-23)16(12-18(29)25-20)21(30)24-17-9-8-13(2)11-14(17)3/h8-9,11,15-16H,4-7,10,12H2,1-3H3,(H,24,30)(H2,25,26,27,29,31)/t15-,16-/m0/s1. The van der Waals surface area contributed by atoms with E-state index in [1.165, 1.54) is 0 Å². The highest BCUT2D eigenvalue weighted by Gasteiger charge is 2.36. The molecule has 0 unspecified atom stereocenters. The third-order valence-corrected chi connectivity index (χ3v) is 6.27. The summed E-state index contributed by atoms with van der Waals surface area (Å²) in [5, 5.41) is 5.58. The number of anilines is 3. The summed E-state index contributed by atoms with van der Waals surface area (Å²) in [6, 6.07) is 6.02. The highest BCUT2D eigenvalue weighted by Crippen LogP contribution is 2.32. The Bertz CT molecular complexity index is 1080. The number of aromatic amines is 1. The van der Waals surface area contributed by atoms with Crippen molar-refractivity contribution in [3.05, 3.63) is 45.2 Å². The Morgan fingerprint density at radius 3 is 2.81 bits per heavy atom. The molecule has 3 N–H and O–H groups in total. The van der Waals surface area contributed by atoms with Gasteiger partial charge >= 0.3 is 0 Å². The zero-order valence-electron chi connectivity index (χ0n) is 18.2. The van der Waals surface area contributed by atoms with Crippen molar-refractivity contribution in [1.29, 1.82) is 0 Å². The van der Waals surface area contributed by atoms with Gasteiger partial charge in [0.1, 0.15) is 5.82 Å². The largest absolute Gasteiger partial charge is 0.339 e. The van der Waals surface area contributed by atoms with Crippen molar-refractivity contribution in [2.24, 2.45) is 0 Å². The maximum Gasteiger partial charge on any atom is 0.258 e. The van der Waals surface area contributed by atoms with E-state index in [9.17, 15) is 14.4 Å². The Morgan fingerprint density at radius 2 is 2.06 bits per heavy atom.